The van der Waals surface area contributed by atoms with Crippen LogP contribution in [0.25, 0.3) is 0 Å². The predicted octanol–water partition coefficient (Wildman–Crippen LogP) is 3.08. The fraction of sp³-hybridized carbons (Fsp3) is 0.467. The average Bonchev–Trinajstić information content (AvgIpc) is 2.41. The van der Waals surface area contributed by atoms with E-state index in [1.54, 1.807) is 27.7 Å². The van der Waals surface area contributed by atoms with Crippen LogP contribution >= 0.6 is 0 Å². The Labute approximate surface area is 125 Å². The van der Waals surface area contributed by atoms with Crippen LogP contribution in [0.5, 0.6) is 0 Å². The molecule has 1 aromatic carbocycles. The molecule has 0 aliphatic heterocycles. The molecular weight excluding hydrogens is 272 g/mol. The molecule has 0 aliphatic carbocycles. The molecule has 0 unspecified atom stereocenters. The average molecular weight is 294 g/mol. The minimum absolute atomic E-state index is 0.145. The molecule has 1 rings (SSSR count). The first-order valence-electron chi connectivity index (χ1n) is 6.79. The van der Waals surface area contributed by atoms with E-state index in [9.17, 15) is 9.59 Å². The summed E-state index contributed by atoms with van der Waals surface area (Å²) in [5.41, 5.74) is 2.60. The molecule has 0 radical (unpaired) electrons. The molecule has 2 amide bonds. The van der Waals surface area contributed by atoms with Gasteiger partial charge in [-0.25, -0.2) is 20.0 Å². The van der Waals surface area contributed by atoms with Gasteiger partial charge in [0, 0.05) is 6.54 Å². The number of nitrogens with zero attached hydrogens (tertiary/aromatic N) is 1. The number of hydrazine groups is 1. The number of carbonyl (C=O) groups is 2. The molecule has 0 saturated carbocycles. The number of hydrogen-bond donors (Lipinski definition) is 1. The second-order valence-electron chi connectivity index (χ2n) is 5.40. The Kier molecular flexibility index (Phi) is 6.02. The quantitative estimate of drug-likeness (QED) is 0.870. The first-order chi connectivity index (χ1) is 9.81. The zero-order valence-corrected chi connectivity index (χ0v) is 12.9. The lowest BCUT2D eigenvalue weighted by Gasteiger charge is -2.24. The van der Waals surface area contributed by atoms with Gasteiger partial charge < -0.3 is 9.47 Å². The van der Waals surface area contributed by atoms with E-state index >= 15 is 0 Å². The Bertz CT molecular complexity index is 468. The normalized spacial score (nSPS) is 10.7. The third-order valence-electron chi connectivity index (χ3n) is 2.37. The molecule has 0 atom stereocenters. The second-order valence-corrected chi connectivity index (χ2v) is 5.40. The number of ether oxygens (including phenoxy) is 2. The van der Waals surface area contributed by atoms with E-state index in [-0.39, 0.29) is 13.2 Å². The van der Waals surface area contributed by atoms with Crippen molar-refractivity contribution in [3.05, 3.63) is 35.9 Å². The van der Waals surface area contributed by atoms with E-state index in [1.165, 1.54) is 0 Å². The van der Waals surface area contributed by atoms with Crippen molar-refractivity contribution in [3.63, 3.8) is 0 Å². The maximum Gasteiger partial charge on any atom is 0.429 e. The van der Waals surface area contributed by atoms with Crippen LogP contribution in [-0.4, -0.2) is 29.3 Å². The molecule has 0 aromatic heterocycles. The van der Waals surface area contributed by atoms with Crippen molar-refractivity contribution in [1.82, 2.24) is 10.4 Å². The molecule has 6 nitrogen and oxygen atoms in total. The van der Waals surface area contributed by atoms with Crippen molar-refractivity contribution in [2.24, 2.45) is 0 Å². The smallest absolute Gasteiger partial charge is 0.429 e. The van der Waals surface area contributed by atoms with Gasteiger partial charge in [0.25, 0.3) is 0 Å². The molecule has 1 aromatic rings. The van der Waals surface area contributed by atoms with Gasteiger partial charge in [0.15, 0.2) is 0 Å². The summed E-state index contributed by atoms with van der Waals surface area (Å²) >= 11 is 0. The highest BCUT2D eigenvalue weighted by Gasteiger charge is 2.21. The number of hydrogen-bond acceptors (Lipinski definition) is 4. The zero-order chi connectivity index (χ0) is 15.9. The summed E-state index contributed by atoms with van der Waals surface area (Å²) in [5, 5.41) is 1.07. The van der Waals surface area contributed by atoms with Crippen LogP contribution in [0.15, 0.2) is 30.3 Å². The molecule has 6 heteroatoms. The van der Waals surface area contributed by atoms with Gasteiger partial charge >= 0.3 is 12.2 Å². The van der Waals surface area contributed by atoms with Gasteiger partial charge in [-0.15, -0.1) is 0 Å². The third kappa shape index (κ3) is 6.65. The Balaban J connectivity index is 2.48. The highest BCUT2D eigenvalue weighted by atomic mass is 16.6. The van der Waals surface area contributed by atoms with Gasteiger partial charge in [0.2, 0.25) is 0 Å². The Morgan fingerprint density at radius 2 is 1.81 bits per heavy atom. The number of rotatable bonds is 3. The first kappa shape index (κ1) is 16.8. The van der Waals surface area contributed by atoms with E-state index in [4.69, 9.17) is 9.47 Å². The SMILES string of the molecule is CCN(NC(=O)OC(C)(C)C)C(=O)OCc1ccccc1. The number of amides is 2. The summed E-state index contributed by atoms with van der Waals surface area (Å²) in [4.78, 5) is 23.5. The highest BCUT2D eigenvalue weighted by Crippen LogP contribution is 2.07. The first-order valence-corrected chi connectivity index (χ1v) is 6.79. The monoisotopic (exact) mass is 294 g/mol. The van der Waals surface area contributed by atoms with Crippen molar-refractivity contribution in [1.29, 1.82) is 0 Å². The minimum atomic E-state index is -0.694. The van der Waals surface area contributed by atoms with Crippen LogP contribution in [0.4, 0.5) is 9.59 Å². The third-order valence-corrected chi connectivity index (χ3v) is 2.37. The lowest BCUT2D eigenvalue weighted by molar-refractivity contribution is 0.0279. The van der Waals surface area contributed by atoms with Gasteiger partial charge in [-0.05, 0) is 33.3 Å². The van der Waals surface area contributed by atoms with Gasteiger partial charge in [0.1, 0.15) is 12.2 Å². The van der Waals surface area contributed by atoms with E-state index in [2.05, 4.69) is 5.43 Å². The molecule has 0 saturated heterocycles. The van der Waals surface area contributed by atoms with Crippen LogP contribution in [0.2, 0.25) is 0 Å². The topological polar surface area (TPSA) is 67.9 Å². The fourth-order valence-corrected chi connectivity index (χ4v) is 1.46. The fourth-order valence-electron chi connectivity index (χ4n) is 1.46. The Morgan fingerprint density at radius 1 is 1.19 bits per heavy atom. The lowest BCUT2D eigenvalue weighted by Crippen LogP contribution is -2.48. The van der Waals surface area contributed by atoms with E-state index in [0.717, 1.165) is 10.6 Å². The molecule has 116 valence electrons. The summed E-state index contributed by atoms with van der Waals surface area (Å²) in [7, 11) is 0. The molecule has 0 spiro atoms. The van der Waals surface area contributed by atoms with Crippen molar-refractivity contribution in [2.45, 2.75) is 39.9 Å². The molecule has 0 heterocycles. The summed E-state index contributed by atoms with van der Waals surface area (Å²) in [6.45, 7) is 7.38. The van der Waals surface area contributed by atoms with Crippen molar-refractivity contribution in [2.75, 3.05) is 6.54 Å². The molecule has 21 heavy (non-hydrogen) atoms. The minimum Gasteiger partial charge on any atom is -0.443 e. The van der Waals surface area contributed by atoms with Crippen LogP contribution in [0.3, 0.4) is 0 Å². The molecular formula is C15H22N2O4. The van der Waals surface area contributed by atoms with Gasteiger partial charge in [-0.1, -0.05) is 30.3 Å². The standard InChI is InChI=1S/C15H22N2O4/c1-5-17(16-13(18)21-15(2,3)4)14(19)20-11-12-9-7-6-8-10-12/h6-10H,5,11H2,1-4H3,(H,16,18). The predicted molar refractivity (Wildman–Crippen MR) is 78.4 cm³/mol. The van der Waals surface area contributed by atoms with Crippen molar-refractivity contribution < 1.29 is 19.1 Å². The second kappa shape index (κ2) is 7.52. The molecule has 0 fully saturated rings. The molecule has 1 N–H and O–H groups in total. The van der Waals surface area contributed by atoms with Gasteiger partial charge in [0.05, 0.1) is 0 Å². The van der Waals surface area contributed by atoms with E-state index < -0.39 is 17.8 Å². The summed E-state index contributed by atoms with van der Waals surface area (Å²) in [6.07, 6.45) is -1.33. The Morgan fingerprint density at radius 3 is 2.33 bits per heavy atom. The Hall–Kier alpha value is -2.24. The molecule has 0 aliphatic rings. The van der Waals surface area contributed by atoms with Crippen molar-refractivity contribution in [3.8, 4) is 0 Å². The van der Waals surface area contributed by atoms with Crippen LogP contribution < -0.4 is 5.43 Å². The van der Waals surface area contributed by atoms with Crippen LogP contribution in [0, 0.1) is 0 Å². The van der Waals surface area contributed by atoms with E-state index in [1.807, 2.05) is 30.3 Å². The molecule has 0 bridgehead atoms. The van der Waals surface area contributed by atoms with Crippen LogP contribution in [-0.2, 0) is 16.1 Å². The maximum absolute atomic E-state index is 11.9. The summed E-state index contributed by atoms with van der Waals surface area (Å²) in [5.74, 6) is 0. The highest BCUT2D eigenvalue weighted by molar-refractivity contribution is 5.74. The number of carbonyl (C=O) groups excluding carboxylic acids is 2. The summed E-state index contributed by atoms with van der Waals surface area (Å²) in [6, 6.07) is 9.31. The van der Waals surface area contributed by atoms with Crippen LogP contribution in [0.1, 0.15) is 33.3 Å². The lowest BCUT2D eigenvalue weighted by atomic mass is 10.2. The van der Waals surface area contributed by atoms with Gasteiger partial charge in [-0.3, -0.25) is 0 Å². The zero-order valence-electron chi connectivity index (χ0n) is 12.9. The largest absolute Gasteiger partial charge is 0.443 e. The number of benzene rings is 1. The van der Waals surface area contributed by atoms with Crippen molar-refractivity contribution >= 4 is 12.2 Å². The van der Waals surface area contributed by atoms with Gasteiger partial charge in [-0.2, -0.15) is 0 Å². The van der Waals surface area contributed by atoms with E-state index in [0.29, 0.717) is 0 Å². The maximum atomic E-state index is 11.9. The number of nitrogens with one attached hydrogen (secondary N) is 1. The summed E-state index contributed by atoms with van der Waals surface area (Å²) < 4.78 is 10.2.